The van der Waals surface area contributed by atoms with Gasteiger partial charge in [0, 0.05) is 30.1 Å². The Labute approximate surface area is 98.3 Å². The van der Waals surface area contributed by atoms with Crippen LogP contribution in [0, 0.1) is 0 Å². The van der Waals surface area contributed by atoms with Gasteiger partial charge in [-0.1, -0.05) is 22.0 Å². The highest BCUT2D eigenvalue weighted by molar-refractivity contribution is 9.10. The van der Waals surface area contributed by atoms with Gasteiger partial charge in [0.1, 0.15) is 12.4 Å². The number of ether oxygens (including phenoxy) is 1. The molecule has 4 heteroatoms. The molecule has 1 aliphatic heterocycles. The zero-order chi connectivity index (χ0) is 10.7. The van der Waals surface area contributed by atoms with Crippen molar-refractivity contribution in [2.75, 3.05) is 26.2 Å². The Kier molecular flexibility index (Phi) is 3.61. The minimum atomic E-state index is 0.371. The smallest absolute Gasteiger partial charge is 0.120 e. The summed E-state index contributed by atoms with van der Waals surface area (Å²) in [6.45, 7) is 3.69. The van der Waals surface area contributed by atoms with Gasteiger partial charge in [0.05, 0.1) is 0 Å². The number of benzene rings is 1. The molecule has 1 aliphatic rings. The van der Waals surface area contributed by atoms with Gasteiger partial charge in [0.15, 0.2) is 0 Å². The molecule has 1 aromatic carbocycles. The van der Waals surface area contributed by atoms with Crippen molar-refractivity contribution in [2.45, 2.75) is 6.04 Å². The fourth-order valence-corrected chi connectivity index (χ4v) is 2.02. The van der Waals surface area contributed by atoms with Crippen molar-refractivity contribution in [1.82, 2.24) is 4.90 Å². The van der Waals surface area contributed by atoms with Gasteiger partial charge in [-0.2, -0.15) is 0 Å². The highest BCUT2D eigenvalue weighted by Gasteiger charge is 2.21. The number of nitrogens with zero attached hydrogens (tertiary/aromatic N) is 1. The molecular formula is C11H15BrN2O. The fraction of sp³-hybridized carbons (Fsp3) is 0.455. The van der Waals surface area contributed by atoms with E-state index in [0.29, 0.717) is 6.04 Å². The molecule has 0 unspecified atom stereocenters. The lowest BCUT2D eigenvalue weighted by Gasteiger charge is -2.36. The predicted molar refractivity (Wildman–Crippen MR) is 64.1 cm³/mol. The van der Waals surface area contributed by atoms with Gasteiger partial charge >= 0.3 is 0 Å². The van der Waals surface area contributed by atoms with E-state index < -0.39 is 0 Å². The van der Waals surface area contributed by atoms with E-state index in [0.717, 1.165) is 36.5 Å². The molecule has 82 valence electrons. The first-order chi connectivity index (χ1) is 7.24. The number of nitrogens with two attached hydrogens (primary N) is 1. The summed E-state index contributed by atoms with van der Waals surface area (Å²) in [5.74, 6) is 0.911. The summed E-state index contributed by atoms with van der Waals surface area (Å²) in [7, 11) is 0. The summed E-state index contributed by atoms with van der Waals surface area (Å²) in [5, 5.41) is 0. The maximum absolute atomic E-state index is 5.68. The average molecular weight is 271 g/mol. The molecule has 2 rings (SSSR count). The second-order valence-electron chi connectivity index (χ2n) is 3.83. The van der Waals surface area contributed by atoms with Crippen LogP contribution in [-0.4, -0.2) is 37.2 Å². The van der Waals surface area contributed by atoms with Gasteiger partial charge in [0.2, 0.25) is 0 Å². The van der Waals surface area contributed by atoms with Crippen LogP contribution in [0.25, 0.3) is 0 Å². The third-order valence-electron chi connectivity index (χ3n) is 2.46. The Hall–Kier alpha value is -0.580. The van der Waals surface area contributed by atoms with E-state index in [1.807, 2.05) is 24.3 Å². The van der Waals surface area contributed by atoms with E-state index in [9.17, 15) is 0 Å². The standard InChI is InChI=1S/C11H15BrN2O/c12-9-2-1-3-11(6-9)15-5-4-14-7-10(13)8-14/h1-3,6,10H,4-5,7-8,13H2. The molecule has 1 aromatic rings. The van der Waals surface area contributed by atoms with Crippen molar-refractivity contribution in [3.63, 3.8) is 0 Å². The van der Waals surface area contributed by atoms with Crippen LogP contribution in [0.4, 0.5) is 0 Å². The summed E-state index contributed by atoms with van der Waals surface area (Å²) < 4.78 is 6.66. The van der Waals surface area contributed by atoms with E-state index in [2.05, 4.69) is 20.8 Å². The molecule has 0 radical (unpaired) electrons. The predicted octanol–water partition coefficient (Wildman–Crippen LogP) is 1.47. The molecule has 1 saturated heterocycles. The largest absolute Gasteiger partial charge is 0.492 e. The van der Waals surface area contributed by atoms with Crippen molar-refractivity contribution in [1.29, 1.82) is 0 Å². The van der Waals surface area contributed by atoms with Gasteiger partial charge < -0.3 is 10.5 Å². The summed E-state index contributed by atoms with van der Waals surface area (Å²) in [6.07, 6.45) is 0. The van der Waals surface area contributed by atoms with Crippen LogP contribution in [0.15, 0.2) is 28.7 Å². The molecule has 1 heterocycles. The van der Waals surface area contributed by atoms with Crippen molar-refractivity contribution in [3.8, 4) is 5.75 Å². The quantitative estimate of drug-likeness (QED) is 0.901. The van der Waals surface area contributed by atoms with E-state index in [-0.39, 0.29) is 0 Å². The van der Waals surface area contributed by atoms with Crippen molar-refractivity contribution < 1.29 is 4.74 Å². The molecule has 1 fully saturated rings. The lowest BCUT2D eigenvalue weighted by Crippen LogP contribution is -2.56. The Morgan fingerprint density at radius 1 is 1.47 bits per heavy atom. The van der Waals surface area contributed by atoms with Crippen molar-refractivity contribution in [3.05, 3.63) is 28.7 Å². The van der Waals surface area contributed by atoms with Crippen molar-refractivity contribution >= 4 is 15.9 Å². The molecular weight excluding hydrogens is 256 g/mol. The van der Waals surface area contributed by atoms with Gasteiger partial charge in [-0.3, -0.25) is 4.90 Å². The number of hydrogen-bond acceptors (Lipinski definition) is 3. The fourth-order valence-electron chi connectivity index (χ4n) is 1.64. The Morgan fingerprint density at radius 3 is 2.93 bits per heavy atom. The molecule has 0 atom stereocenters. The van der Waals surface area contributed by atoms with Crippen molar-refractivity contribution in [2.24, 2.45) is 5.73 Å². The summed E-state index contributed by atoms with van der Waals surface area (Å²) in [5.41, 5.74) is 5.68. The normalized spacial score (nSPS) is 17.5. The lowest BCUT2D eigenvalue weighted by molar-refractivity contribution is 0.124. The van der Waals surface area contributed by atoms with Gasteiger partial charge in [0.25, 0.3) is 0 Å². The third-order valence-corrected chi connectivity index (χ3v) is 2.95. The summed E-state index contributed by atoms with van der Waals surface area (Å²) in [6, 6.07) is 8.27. The maximum Gasteiger partial charge on any atom is 0.120 e. The topological polar surface area (TPSA) is 38.5 Å². The highest BCUT2D eigenvalue weighted by Crippen LogP contribution is 2.17. The van der Waals surface area contributed by atoms with E-state index >= 15 is 0 Å². The van der Waals surface area contributed by atoms with Crippen LogP contribution in [0.1, 0.15) is 0 Å². The van der Waals surface area contributed by atoms with Crippen LogP contribution in [0.2, 0.25) is 0 Å². The Morgan fingerprint density at radius 2 is 2.27 bits per heavy atom. The second kappa shape index (κ2) is 4.96. The molecule has 15 heavy (non-hydrogen) atoms. The van der Waals surface area contributed by atoms with Gasteiger partial charge in [-0.15, -0.1) is 0 Å². The summed E-state index contributed by atoms with van der Waals surface area (Å²) in [4.78, 5) is 2.29. The first-order valence-electron chi connectivity index (χ1n) is 5.10. The van der Waals surface area contributed by atoms with E-state index in [4.69, 9.17) is 10.5 Å². The minimum Gasteiger partial charge on any atom is -0.492 e. The molecule has 0 spiro atoms. The minimum absolute atomic E-state index is 0.371. The van der Waals surface area contributed by atoms with Crippen LogP contribution in [0.5, 0.6) is 5.75 Å². The average Bonchev–Trinajstić information content (AvgIpc) is 2.15. The van der Waals surface area contributed by atoms with Crippen LogP contribution in [0.3, 0.4) is 0 Å². The zero-order valence-electron chi connectivity index (χ0n) is 8.53. The lowest BCUT2D eigenvalue weighted by atomic mass is 10.1. The number of hydrogen-bond donors (Lipinski definition) is 1. The maximum atomic E-state index is 5.68. The number of halogens is 1. The molecule has 3 nitrogen and oxygen atoms in total. The highest BCUT2D eigenvalue weighted by atomic mass is 79.9. The van der Waals surface area contributed by atoms with E-state index in [1.165, 1.54) is 0 Å². The monoisotopic (exact) mass is 270 g/mol. The first-order valence-corrected chi connectivity index (χ1v) is 5.89. The molecule has 0 amide bonds. The van der Waals surface area contributed by atoms with Crippen LogP contribution < -0.4 is 10.5 Å². The third kappa shape index (κ3) is 3.19. The molecule has 0 bridgehead atoms. The van der Waals surface area contributed by atoms with Gasteiger partial charge in [-0.05, 0) is 18.2 Å². The second-order valence-corrected chi connectivity index (χ2v) is 4.74. The molecule has 0 aromatic heterocycles. The Bertz CT molecular complexity index is 326. The van der Waals surface area contributed by atoms with Gasteiger partial charge in [-0.25, -0.2) is 0 Å². The SMILES string of the molecule is NC1CN(CCOc2cccc(Br)c2)C1. The molecule has 0 saturated carbocycles. The molecule has 2 N–H and O–H groups in total. The van der Waals surface area contributed by atoms with E-state index in [1.54, 1.807) is 0 Å². The zero-order valence-corrected chi connectivity index (χ0v) is 10.1. The van der Waals surface area contributed by atoms with Crippen LogP contribution in [-0.2, 0) is 0 Å². The van der Waals surface area contributed by atoms with Crippen LogP contribution >= 0.6 is 15.9 Å². The molecule has 0 aliphatic carbocycles. The Balaban J connectivity index is 1.69. The number of rotatable bonds is 4. The summed E-state index contributed by atoms with van der Waals surface area (Å²) >= 11 is 3.41. The number of likely N-dealkylation sites (tertiary alicyclic amines) is 1. The first kappa shape index (κ1) is 10.9.